The quantitative estimate of drug-likeness (QED) is 0.884. The van der Waals surface area contributed by atoms with Crippen LogP contribution in [0.25, 0.3) is 6.08 Å². The lowest BCUT2D eigenvalue weighted by atomic mass is 10.0. The standard InChI is InChI=1S/C18H18O4/c1-21-15-11-14(17(18(19)20)16(12-15)22-2)10-6-9-13-7-4-3-5-8-13/h3-8,10-12H,9H2,1-2H3,(H,19,20)/b10-6+. The van der Waals surface area contributed by atoms with E-state index in [1.54, 1.807) is 18.2 Å². The molecule has 1 N–H and O–H groups in total. The van der Waals surface area contributed by atoms with Crippen molar-refractivity contribution in [2.24, 2.45) is 0 Å². The molecule has 0 aliphatic carbocycles. The van der Waals surface area contributed by atoms with Gasteiger partial charge in [-0.05, 0) is 23.6 Å². The molecule has 0 aromatic heterocycles. The van der Waals surface area contributed by atoms with E-state index in [9.17, 15) is 9.90 Å². The maximum absolute atomic E-state index is 11.5. The van der Waals surface area contributed by atoms with Crippen molar-refractivity contribution in [3.8, 4) is 11.5 Å². The highest BCUT2D eigenvalue weighted by Gasteiger charge is 2.16. The largest absolute Gasteiger partial charge is 0.497 e. The summed E-state index contributed by atoms with van der Waals surface area (Å²) in [7, 11) is 2.98. The molecule has 4 nitrogen and oxygen atoms in total. The Hall–Kier alpha value is -2.75. The van der Waals surface area contributed by atoms with Gasteiger partial charge in [0.1, 0.15) is 17.1 Å². The normalized spacial score (nSPS) is 10.6. The summed E-state index contributed by atoms with van der Waals surface area (Å²) < 4.78 is 10.3. The molecule has 0 saturated heterocycles. The highest BCUT2D eigenvalue weighted by molar-refractivity contribution is 5.95. The fourth-order valence-corrected chi connectivity index (χ4v) is 2.19. The molecule has 2 aromatic rings. The number of hydrogen-bond acceptors (Lipinski definition) is 3. The van der Waals surface area contributed by atoms with E-state index < -0.39 is 5.97 Å². The molecule has 0 aliphatic heterocycles. The maximum Gasteiger partial charge on any atom is 0.340 e. The van der Waals surface area contributed by atoms with Gasteiger partial charge in [0.05, 0.1) is 14.2 Å². The number of carbonyl (C=O) groups is 1. The number of carboxylic acids is 1. The van der Waals surface area contributed by atoms with Gasteiger partial charge in [-0.2, -0.15) is 0 Å². The minimum atomic E-state index is -1.03. The van der Waals surface area contributed by atoms with Gasteiger partial charge < -0.3 is 14.6 Å². The Morgan fingerprint density at radius 1 is 1.14 bits per heavy atom. The van der Waals surface area contributed by atoms with Crippen LogP contribution in [-0.2, 0) is 6.42 Å². The summed E-state index contributed by atoms with van der Waals surface area (Å²) in [6, 6.07) is 13.2. The number of methoxy groups -OCH3 is 2. The Kier molecular flexibility index (Phi) is 5.20. The predicted octanol–water partition coefficient (Wildman–Crippen LogP) is 3.66. The number of rotatable bonds is 6. The van der Waals surface area contributed by atoms with Crippen LogP contribution in [0, 0.1) is 0 Å². The number of ether oxygens (including phenoxy) is 2. The molecule has 2 rings (SSSR count). The minimum Gasteiger partial charge on any atom is -0.497 e. The van der Waals surface area contributed by atoms with Crippen LogP contribution in [-0.4, -0.2) is 25.3 Å². The molecule has 2 aromatic carbocycles. The lowest BCUT2D eigenvalue weighted by Gasteiger charge is -2.11. The summed E-state index contributed by atoms with van der Waals surface area (Å²) in [4.78, 5) is 11.5. The van der Waals surface area contributed by atoms with Crippen molar-refractivity contribution < 1.29 is 19.4 Å². The van der Waals surface area contributed by atoms with E-state index in [2.05, 4.69) is 0 Å². The lowest BCUT2D eigenvalue weighted by Crippen LogP contribution is -2.04. The zero-order valence-electron chi connectivity index (χ0n) is 12.6. The third-order valence-electron chi connectivity index (χ3n) is 3.27. The monoisotopic (exact) mass is 298 g/mol. The van der Waals surface area contributed by atoms with Crippen LogP contribution in [0.2, 0.25) is 0 Å². The van der Waals surface area contributed by atoms with Crippen molar-refractivity contribution in [3.05, 3.63) is 65.2 Å². The Bertz CT molecular complexity index is 675. The van der Waals surface area contributed by atoms with E-state index in [1.807, 2.05) is 36.4 Å². The van der Waals surface area contributed by atoms with Gasteiger partial charge >= 0.3 is 5.97 Å². The third kappa shape index (κ3) is 3.67. The fraction of sp³-hybridized carbons (Fsp3) is 0.167. The van der Waals surface area contributed by atoms with E-state index in [4.69, 9.17) is 9.47 Å². The smallest absolute Gasteiger partial charge is 0.340 e. The van der Waals surface area contributed by atoms with Crippen molar-refractivity contribution in [1.82, 2.24) is 0 Å². The average molecular weight is 298 g/mol. The van der Waals surface area contributed by atoms with Gasteiger partial charge in [-0.15, -0.1) is 0 Å². The number of carboxylic acid groups (broad SMARTS) is 1. The first-order chi connectivity index (χ1) is 10.7. The Balaban J connectivity index is 2.34. The second kappa shape index (κ2) is 7.31. The molecule has 0 heterocycles. The van der Waals surface area contributed by atoms with Gasteiger partial charge in [-0.25, -0.2) is 4.79 Å². The van der Waals surface area contributed by atoms with Crippen molar-refractivity contribution in [1.29, 1.82) is 0 Å². The third-order valence-corrected chi connectivity index (χ3v) is 3.27. The SMILES string of the molecule is COc1cc(/C=C/Cc2ccccc2)c(C(=O)O)c(OC)c1. The molecule has 114 valence electrons. The summed E-state index contributed by atoms with van der Waals surface area (Å²) in [5.41, 5.74) is 1.85. The molecule has 0 spiro atoms. The summed E-state index contributed by atoms with van der Waals surface area (Å²) in [5.74, 6) is -0.189. The summed E-state index contributed by atoms with van der Waals surface area (Å²) in [5, 5.41) is 9.40. The molecule has 0 fully saturated rings. The molecule has 0 aliphatic rings. The number of hydrogen-bond donors (Lipinski definition) is 1. The number of aromatic carboxylic acids is 1. The van der Waals surface area contributed by atoms with Crippen LogP contribution in [0.5, 0.6) is 11.5 Å². The molecule has 0 bridgehead atoms. The predicted molar refractivity (Wildman–Crippen MR) is 85.7 cm³/mol. The first-order valence-corrected chi connectivity index (χ1v) is 6.85. The average Bonchev–Trinajstić information content (AvgIpc) is 2.54. The van der Waals surface area contributed by atoms with Gasteiger partial charge in [-0.3, -0.25) is 0 Å². The van der Waals surface area contributed by atoms with Crippen molar-refractivity contribution in [3.63, 3.8) is 0 Å². The first kappa shape index (κ1) is 15.6. The summed E-state index contributed by atoms with van der Waals surface area (Å²) in [6.07, 6.45) is 4.43. The minimum absolute atomic E-state index is 0.132. The molecule has 4 heteroatoms. The molecular weight excluding hydrogens is 280 g/mol. The van der Waals surface area contributed by atoms with Crippen LogP contribution in [0.4, 0.5) is 0 Å². The molecular formula is C18H18O4. The second-order valence-electron chi connectivity index (χ2n) is 4.69. The van der Waals surface area contributed by atoms with E-state index >= 15 is 0 Å². The summed E-state index contributed by atoms with van der Waals surface area (Å²) >= 11 is 0. The van der Waals surface area contributed by atoms with Gasteiger partial charge in [0.15, 0.2) is 0 Å². The van der Waals surface area contributed by atoms with Gasteiger partial charge in [-0.1, -0.05) is 42.5 Å². The zero-order valence-corrected chi connectivity index (χ0v) is 12.6. The molecule has 0 radical (unpaired) electrons. The van der Waals surface area contributed by atoms with Crippen LogP contribution < -0.4 is 9.47 Å². The van der Waals surface area contributed by atoms with Crippen LogP contribution >= 0.6 is 0 Å². The molecule has 22 heavy (non-hydrogen) atoms. The van der Waals surface area contributed by atoms with Crippen LogP contribution in [0.3, 0.4) is 0 Å². The molecule has 0 unspecified atom stereocenters. The van der Waals surface area contributed by atoms with E-state index in [-0.39, 0.29) is 11.3 Å². The topological polar surface area (TPSA) is 55.8 Å². The van der Waals surface area contributed by atoms with Gasteiger partial charge in [0.2, 0.25) is 0 Å². The summed E-state index contributed by atoms with van der Waals surface area (Å²) in [6.45, 7) is 0. The van der Waals surface area contributed by atoms with Crippen LogP contribution in [0.1, 0.15) is 21.5 Å². The van der Waals surface area contributed by atoms with Crippen molar-refractivity contribution >= 4 is 12.0 Å². The van der Waals surface area contributed by atoms with Gasteiger partial charge in [0.25, 0.3) is 0 Å². The molecule has 0 atom stereocenters. The highest BCUT2D eigenvalue weighted by Crippen LogP contribution is 2.29. The lowest BCUT2D eigenvalue weighted by molar-refractivity contribution is 0.0693. The second-order valence-corrected chi connectivity index (χ2v) is 4.69. The Morgan fingerprint density at radius 3 is 2.45 bits per heavy atom. The fourth-order valence-electron chi connectivity index (χ4n) is 2.19. The van der Waals surface area contributed by atoms with E-state index in [0.29, 0.717) is 11.3 Å². The number of allylic oxidation sites excluding steroid dienone is 1. The molecule has 0 saturated carbocycles. The first-order valence-electron chi connectivity index (χ1n) is 6.85. The van der Waals surface area contributed by atoms with E-state index in [1.165, 1.54) is 14.2 Å². The Labute approximate surface area is 129 Å². The maximum atomic E-state index is 11.5. The molecule has 0 amide bonds. The highest BCUT2D eigenvalue weighted by atomic mass is 16.5. The Morgan fingerprint density at radius 2 is 1.86 bits per heavy atom. The van der Waals surface area contributed by atoms with Crippen molar-refractivity contribution in [2.45, 2.75) is 6.42 Å². The van der Waals surface area contributed by atoms with Crippen LogP contribution in [0.15, 0.2) is 48.5 Å². The number of benzene rings is 2. The van der Waals surface area contributed by atoms with Crippen molar-refractivity contribution in [2.75, 3.05) is 14.2 Å². The van der Waals surface area contributed by atoms with E-state index in [0.717, 1.165) is 12.0 Å². The van der Waals surface area contributed by atoms with Gasteiger partial charge in [0, 0.05) is 6.07 Å². The zero-order chi connectivity index (χ0) is 15.9.